The number of nitrogens with two attached hydrogens (primary N) is 1. The molecule has 100 valence electrons. The molecule has 0 aromatic carbocycles. The summed E-state index contributed by atoms with van der Waals surface area (Å²) in [7, 11) is 1.79. The minimum atomic E-state index is -0.172. The van der Waals surface area contributed by atoms with Crippen molar-refractivity contribution >= 4 is 0 Å². The van der Waals surface area contributed by atoms with Gasteiger partial charge in [-0.1, -0.05) is 0 Å². The first-order chi connectivity index (χ1) is 8.32. The third kappa shape index (κ3) is 2.80. The fourth-order valence-corrected chi connectivity index (χ4v) is 3.13. The molecule has 1 unspecified atom stereocenters. The van der Waals surface area contributed by atoms with Gasteiger partial charge in [-0.25, -0.2) is 0 Å². The summed E-state index contributed by atoms with van der Waals surface area (Å²) in [5.74, 6) is 6.32. The normalized spacial score (nSPS) is 27.9. The van der Waals surface area contributed by atoms with Gasteiger partial charge in [0.25, 0.3) is 0 Å². The van der Waals surface area contributed by atoms with Gasteiger partial charge in [-0.3, -0.25) is 11.3 Å². The van der Waals surface area contributed by atoms with E-state index in [1.54, 1.807) is 7.11 Å². The van der Waals surface area contributed by atoms with E-state index in [1.807, 2.05) is 0 Å². The summed E-state index contributed by atoms with van der Waals surface area (Å²) < 4.78 is 16.7. The Balaban J connectivity index is 2.07. The van der Waals surface area contributed by atoms with E-state index in [0.29, 0.717) is 5.92 Å². The van der Waals surface area contributed by atoms with E-state index in [9.17, 15) is 0 Å². The highest BCUT2D eigenvalue weighted by Gasteiger charge is 2.44. The lowest BCUT2D eigenvalue weighted by atomic mass is 9.76. The van der Waals surface area contributed by atoms with Crippen molar-refractivity contribution in [2.45, 2.75) is 37.3 Å². The molecule has 0 radical (unpaired) electrons. The summed E-state index contributed by atoms with van der Waals surface area (Å²) in [6.45, 7) is 3.18. The number of nitrogens with one attached hydrogen (secondary N) is 1. The Morgan fingerprint density at radius 3 is 2.29 bits per heavy atom. The summed E-state index contributed by atoms with van der Waals surface area (Å²) in [5.41, 5.74) is 2.83. The van der Waals surface area contributed by atoms with Crippen molar-refractivity contribution in [3.63, 3.8) is 0 Å². The average Bonchev–Trinajstić information content (AvgIpc) is 2.42. The zero-order chi connectivity index (χ0) is 12.1. The van der Waals surface area contributed by atoms with Crippen LogP contribution in [0, 0.1) is 5.92 Å². The predicted molar refractivity (Wildman–Crippen MR) is 64.4 cm³/mol. The fourth-order valence-electron chi connectivity index (χ4n) is 3.13. The molecule has 0 aromatic rings. The van der Waals surface area contributed by atoms with Gasteiger partial charge in [-0.15, -0.1) is 0 Å². The average molecular weight is 244 g/mol. The van der Waals surface area contributed by atoms with E-state index in [2.05, 4.69) is 5.43 Å². The summed E-state index contributed by atoms with van der Waals surface area (Å²) in [6, 6.07) is 0.195. The number of hydrogen-bond acceptors (Lipinski definition) is 5. The maximum absolute atomic E-state index is 5.82. The van der Waals surface area contributed by atoms with Crippen LogP contribution in [0.5, 0.6) is 0 Å². The first kappa shape index (κ1) is 13.2. The largest absolute Gasteiger partial charge is 0.381 e. The third-order valence-electron chi connectivity index (χ3n) is 4.23. The molecule has 5 heteroatoms. The first-order valence-corrected chi connectivity index (χ1v) is 6.49. The molecule has 2 rings (SSSR count). The second-order valence-electron chi connectivity index (χ2n) is 4.98. The van der Waals surface area contributed by atoms with Crippen molar-refractivity contribution in [2.24, 2.45) is 11.8 Å². The molecule has 3 N–H and O–H groups in total. The molecule has 2 aliphatic rings. The van der Waals surface area contributed by atoms with Gasteiger partial charge < -0.3 is 14.2 Å². The molecule has 2 saturated heterocycles. The number of rotatable bonds is 4. The molecule has 1 atom stereocenters. The number of hydrogen-bond donors (Lipinski definition) is 2. The molecule has 5 nitrogen and oxygen atoms in total. The lowest BCUT2D eigenvalue weighted by Crippen LogP contribution is -2.60. The van der Waals surface area contributed by atoms with Gasteiger partial charge in [0.2, 0.25) is 0 Å². The topological polar surface area (TPSA) is 65.7 Å². The highest BCUT2D eigenvalue weighted by Crippen LogP contribution is 2.34. The van der Waals surface area contributed by atoms with Gasteiger partial charge >= 0.3 is 0 Å². The van der Waals surface area contributed by atoms with Gasteiger partial charge in [-0.05, 0) is 18.8 Å². The van der Waals surface area contributed by atoms with Crippen LogP contribution in [-0.2, 0) is 14.2 Å². The van der Waals surface area contributed by atoms with Crippen molar-refractivity contribution in [3.05, 3.63) is 0 Å². The van der Waals surface area contributed by atoms with Crippen LogP contribution < -0.4 is 11.3 Å². The van der Waals surface area contributed by atoms with Crippen molar-refractivity contribution < 1.29 is 14.2 Å². The Kier molecular flexibility index (Phi) is 4.76. The Morgan fingerprint density at radius 2 is 1.76 bits per heavy atom. The molecular formula is C12H24N2O3. The van der Waals surface area contributed by atoms with Gasteiger partial charge in [0.1, 0.15) is 0 Å². The molecule has 0 aliphatic carbocycles. The van der Waals surface area contributed by atoms with Crippen molar-refractivity contribution in [2.75, 3.05) is 33.5 Å². The minimum Gasteiger partial charge on any atom is -0.381 e. The number of hydrazine groups is 1. The van der Waals surface area contributed by atoms with Crippen LogP contribution in [0.1, 0.15) is 25.7 Å². The van der Waals surface area contributed by atoms with E-state index >= 15 is 0 Å². The van der Waals surface area contributed by atoms with Crippen LogP contribution >= 0.6 is 0 Å². The second kappa shape index (κ2) is 6.11. The lowest BCUT2D eigenvalue weighted by molar-refractivity contribution is -0.127. The zero-order valence-electron chi connectivity index (χ0n) is 10.6. The highest BCUT2D eigenvalue weighted by atomic mass is 16.5. The molecular weight excluding hydrogens is 220 g/mol. The summed E-state index contributed by atoms with van der Waals surface area (Å²) in [5, 5.41) is 0. The Bertz CT molecular complexity index is 226. The number of ether oxygens (including phenoxy) is 3. The van der Waals surface area contributed by atoms with Gasteiger partial charge in [0.15, 0.2) is 0 Å². The monoisotopic (exact) mass is 244 g/mol. The van der Waals surface area contributed by atoms with Crippen LogP contribution in [0.15, 0.2) is 0 Å². The summed E-state index contributed by atoms with van der Waals surface area (Å²) in [6.07, 6.45) is 3.94. The van der Waals surface area contributed by atoms with Crippen molar-refractivity contribution in [1.29, 1.82) is 0 Å². The molecule has 0 amide bonds. The third-order valence-corrected chi connectivity index (χ3v) is 4.23. The zero-order valence-corrected chi connectivity index (χ0v) is 10.6. The molecule has 0 bridgehead atoms. The molecule has 2 aliphatic heterocycles. The number of methoxy groups -OCH3 is 1. The van der Waals surface area contributed by atoms with Crippen LogP contribution in [0.2, 0.25) is 0 Å². The van der Waals surface area contributed by atoms with Crippen LogP contribution in [0.4, 0.5) is 0 Å². The maximum atomic E-state index is 5.82. The molecule has 0 saturated carbocycles. The Morgan fingerprint density at radius 1 is 1.18 bits per heavy atom. The standard InChI is InChI=1S/C12H24N2O3/c1-15-12(4-8-17-9-5-12)11(14-13)10-2-6-16-7-3-10/h10-11,14H,2-9,13H2,1H3. The lowest BCUT2D eigenvalue weighted by Gasteiger charge is -2.46. The van der Waals surface area contributed by atoms with Gasteiger partial charge in [-0.2, -0.15) is 0 Å². The van der Waals surface area contributed by atoms with E-state index in [1.165, 1.54) is 0 Å². The van der Waals surface area contributed by atoms with Crippen molar-refractivity contribution in [1.82, 2.24) is 5.43 Å². The molecule has 0 aromatic heterocycles. The smallest absolute Gasteiger partial charge is 0.0890 e. The quantitative estimate of drug-likeness (QED) is 0.555. The maximum Gasteiger partial charge on any atom is 0.0890 e. The predicted octanol–water partition coefficient (Wildman–Crippen LogP) is 0.440. The van der Waals surface area contributed by atoms with Crippen molar-refractivity contribution in [3.8, 4) is 0 Å². The molecule has 2 fully saturated rings. The minimum absolute atomic E-state index is 0.172. The van der Waals surface area contributed by atoms with E-state index in [4.69, 9.17) is 20.1 Å². The van der Waals surface area contributed by atoms with E-state index < -0.39 is 0 Å². The fraction of sp³-hybridized carbons (Fsp3) is 1.00. The van der Waals surface area contributed by atoms with Crippen LogP contribution in [0.3, 0.4) is 0 Å². The summed E-state index contributed by atoms with van der Waals surface area (Å²) >= 11 is 0. The highest BCUT2D eigenvalue weighted by molar-refractivity contribution is 4.97. The molecule has 0 spiro atoms. The van der Waals surface area contributed by atoms with Gasteiger partial charge in [0.05, 0.1) is 11.6 Å². The molecule has 17 heavy (non-hydrogen) atoms. The second-order valence-corrected chi connectivity index (χ2v) is 4.98. The summed E-state index contributed by atoms with van der Waals surface area (Å²) in [4.78, 5) is 0. The Hall–Kier alpha value is -0.200. The van der Waals surface area contributed by atoms with Crippen LogP contribution in [-0.4, -0.2) is 45.2 Å². The van der Waals surface area contributed by atoms with Crippen LogP contribution in [0.25, 0.3) is 0 Å². The van der Waals surface area contributed by atoms with Gasteiger partial charge in [0, 0.05) is 46.4 Å². The SMILES string of the molecule is COC1(C(NN)C2CCOCC2)CCOCC1. The Labute approximate surface area is 103 Å². The first-order valence-electron chi connectivity index (χ1n) is 6.49. The van der Waals surface area contributed by atoms with E-state index in [0.717, 1.165) is 52.1 Å². The molecule has 2 heterocycles. The van der Waals surface area contributed by atoms with E-state index in [-0.39, 0.29) is 11.6 Å².